The van der Waals surface area contributed by atoms with Gasteiger partial charge in [-0.3, -0.25) is 10.1 Å². The summed E-state index contributed by atoms with van der Waals surface area (Å²) in [5.74, 6) is -0.811. The number of piperazine rings is 1. The van der Waals surface area contributed by atoms with Crippen LogP contribution < -0.4 is 4.90 Å². The van der Waals surface area contributed by atoms with Gasteiger partial charge in [0, 0.05) is 25.7 Å². The lowest BCUT2D eigenvalue weighted by molar-refractivity contribution is -0.386. The maximum Gasteiger partial charge on any atom is 0.329 e. The van der Waals surface area contributed by atoms with Gasteiger partial charge in [-0.1, -0.05) is 0 Å². The normalized spacial score (nSPS) is 20.6. The molecule has 0 amide bonds. The zero-order chi connectivity index (χ0) is 14.2. The molecule has 19 heavy (non-hydrogen) atoms. The zero-order valence-corrected chi connectivity index (χ0v) is 12.4. The monoisotopic (exact) mass is 331 g/mol. The quantitative estimate of drug-likeness (QED) is 0.617. The van der Waals surface area contributed by atoms with Gasteiger partial charge in [-0.25, -0.2) is 0 Å². The Balaban J connectivity index is 2.40. The Morgan fingerprint density at radius 3 is 2.74 bits per heavy atom. The van der Waals surface area contributed by atoms with E-state index >= 15 is 0 Å². The van der Waals surface area contributed by atoms with Crippen LogP contribution in [-0.2, 0) is 0 Å². The molecule has 1 atom stereocenters. The van der Waals surface area contributed by atoms with Crippen LogP contribution in [0, 0.1) is 15.9 Å². The fourth-order valence-corrected chi connectivity index (χ4v) is 2.55. The highest BCUT2D eigenvalue weighted by molar-refractivity contribution is 9.10. The first kappa shape index (κ1) is 14.2. The average molecular weight is 332 g/mol. The van der Waals surface area contributed by atoms with Gasteiger partial charge in [-0.05, 0) is 42.0 Å². The maximum atomic E-state index is 13.9. The number of nitro benzene ring substituents is 1. The summed E-state index contributed by atoms with van der Waals surface area (Å²) in [6, 6.07) is 3.39. The summed E-state index contributed by atoms with van der Waals surface area (Å²) in [7, 11) is 2.01. The molecule has 0 aliphatic carbocycles. The van der Waals surface area contributed by atoms with Crippen molar-refractivity contribution in [1.29, 1.82) is 0 Å². The minimum atomic E-state index is -0.811. The van der Waals surface area contributed by atoms with E-state index in [0.29, 0.717) is 18.8 Å². The molecule has 0 N–H and O–H groups in total. The van der Waals surface area contributed by atoms with Crippen molar-refractivity contribution < 1.29 is 9.31 Å². The molecule has 1 heterocycles. The highest BCUT2D eigenvalue weighted by atomic mass is 79.9. The summed E-state index contributed by atoms with van der Waals surface area (Å²) in [6.07, 6.45) is 0. The molecule has 0 saturated carbocycles. The smallest absolute Gasteiger partial charge is 0.329 e. The SMILES string of the molecule is CC1CN(c2ccc(Br)c(F)c2[N+](=O)[O-])CCN1C. The summed E-state index contributed by atoms with van der Waals surface area (Å²) >= 11 is 2.99. The number of hydrogen-bond acceptors (Lipinski definition) is 4. The van der Waals surface area contributed by atoms with Gasteiger partial charge in [0.2, 0.25) is 5.82 Å². The van der Waals surface area contributed by atoms with Crippen LogP contribution in [-0.4, -0.2) is 42.5 Å². The first-order valence-electron chi connectivity index (χ1n) is 5.99. The Hall–Kier alpha value is -1.21. The Kier molecular flexibility index (Phi) is 4.05. The topological polar surface area (TPSA) is 49.6 Å². The standard InChI is InChI=1S/C12H15BrFN3O2/c1-8-7-16(6-5-15(8)2)10-4-3-9(13)11(14)12(10)17(18)19/h3-4,8H,5-7H2,1-2H3. The molecule has 0 radical (unpaired) electrons. The number of hydrogen-bond donors (Lipinski definition) is 0. The summed E-state index contributed by atoms with van der Waals surface area (Å²) in [4.78, 5) is 14.5. The molecule has 2 rings (SSSR count). The summed E-state index contributed by atoms with van der Waals surface area (Å²) in [5.41, 5.74) is -0.100. The van der Waals surface area contributed by atoms with E-state index in [1.54, 1.807) is 6.07 Å². The van der Waals surface area contributed by atoms with E-state index in [2.05, 4.69) is 20.8 Å². The van der Waals surface area contributed by atoms with E-state index in [1.165, 1.54) is 6.07 Å². The molecule has 1 aliphatic heterocycles. The van der Waals surface area contributed by atoms with Crippen LogP contribution >= 0.6 is 15.9 Å². The molecule has 1 unspecified atom stereocenters. The van der Waals surface area contributed by atoms with Gasteiger partial charge in [-0.2, -0.15) is 4.39 Å². The molecule has 1 aliphatic rings. The van der Waals surface area contributed by atoms with Crippen LogP contribution in [0.5, 0.6) is 0 Å². The van der Waals surface area contributed by atoms with Crippen LogP contribution in [0.3, 0.4) is 0 Å². The molecule has 1 saturated heterocycles. The van der Waals surface area contributed by atoms with E-state index in [4.69, 9.17) is 0 Å². The van der Waals surface area contributed by atoms with Crippen molar-refractivity contribution in [3.05, 3.63) is 32.5 Å². The minimum absolute atomic E-state index is 0.116. The second-order valence-corrected chi connectivity index (χ2v) is 5.62. The Morgan fingerprint density at radius 1 is 1.47 bits per heavy atom. The third kappa shape index (κ3) is 2.71. The van der Waals surface area contributed by atoms with Crippen molar-refractivity contribution >= 4 is 27.3 Å². The summed E-state index contributed by atoms with van der Waals surface area (Å²) in [5, 5.41) is 11.1. The van der Waals surface area contributed by atoms with Crippen LogP contribution in [0.4, 0.5) is 15.8 Å². The van der Waals surface area contributed by atoms with Crippen LogP contribution in [0.15, 0.2) is 16.6 Å². The Bertz CT molecular complexity index is 512. The highest BCUT2D eigenvalue weighted by Gasteiger charge is 2.29. The van der Waals surface area contributed by atoms with E-state index in [9.17, 15) is 14.5 Å². The second kappa shape index (κ2) is 5.42. The lowest BCUT2D eigenvalue weighted by Gasteiger charge is -2.38. The number of likely N-dealkylation sites (N-methyl/N-ethyl adjacent to an activating group) is 1. The molecule has 5 nitrogen and oxygen atoms in total. The minimum Gasteiger partial charge on any atom is -0.363 e. The largest absolute Gasteiger partial charge is 0.363 e. The summed E-state index contributed by atoms with van der Waals surface area (Å²) < 4.78 is 14.0. The van der Waals surface area contributed by atoms with Gasteiger partial charge >= 0.3 is 5.69 Å². The van der Waals surface area contributed by atoms with E-state index < -0.39 is 16.4 Å². The number of nitro groups is 1. The predicted molar refractivity (Wildman–Crippen MR) is 75.1 cm³/mol. The van der Waals surface area contributed by atoms with Gasteiger partial charge < -0.3 is 9.80 Å². The Morgan fingerprint density at radius 2 is 2.16 bits per heavy atom. The maximum absolute atomic E-state index is 13.9. The predicted octanol–water partition coefficient (Wildman–Crippen LogP) is 2.64. The van der Waals surface area contributed by atoms with Gasteiger partial charge in [0.1, 0.15) is 5.69 Å². The number of rotatable bonds is 2. The van der Waals surface area contributed by atoms with E-state index in [1.807, 2.05) is 18.9 Å². The lowest BCUT2D eigenvalue weighted by atomic mass is 10.1. The molecule has 0 aromatic heterocycles. The Labute approximate surface area is 119 Å². The first-order valence-corrected chi connectivity index (χ1v) is 6.78. The molecular weight excluding hydrogens is 317 g/mol. The van der Waals surface area contributed by atoms with Crippen molar-refractivity contribution in [2.45, 2.75) is 13.0 Å². The average Bonchev–Trinajstić information content (AvgIpc) is 2.35. The van der Waals surface area contributed by atoms with Gasteiger partial charge in [0.25, 0.3) is 0 Å². The van der Waals surface area contributed by atoms with Crippen molar-refractivity contribution in [3.8, 4) is 0 Å². The van der Waals surface area contributed by atoms with Crippen molar-refractivity contribution in [2.24, 2.45) is 0 Å². The van der Waals surface area contributed by atoms with Crippen molar-refractivity contribution in [1.82, 2.24) is 4.90 Å². The number of nitrogens with zero attached hydrogens (tertiary/aromatic N) is 3. The third-order valence-corrected chi connectivity index (χ3v) is 4.14. The molecule has 1 aromatic rings. The molecule has 1 aromatic carbocycles. The fraction of sp³-hybridized carbons (Fsp3) is 0.500. The van der Waals surface area contributed by atoms with E-state index in [-0.39, 0.29) is 10.5 Å². The number of halogens is 2. The lowest BCUT2D eigenvalue weighted by Crippen LogP contribution is -2.50. The highest BCUT2D eigenvalue weighted by Crippen LogP contribution is 2.35. The molecule has 7 heteroatoms. The van der Waals surface area contributed by atoms with Crippen LogP contribution in [0.2, 0.25) is 0 Å². The molecule has 1 fully saturated rings. The van der Waals surface area contributed by atoms with Gasteiger partial charge in [0.15, 0.2) is 0 Å². The van der Waals surface area contributed by atoms with Gasteiger partial charge in [0.05, 0.1) is 9.40 Å². The van der Waals surface area contributed by atoms with Crippen molar-refractivity contribution in [2.75, 3.05) is 31.6 Å². The zero-order valence-electron chi connectivity index (χ0n) is 10.8. The number of anilines is 1. The fourth-order valence-electron chi connectivity index (χ4n) is 2.23. The molecule has 0 bridgehead atoms. The second-order valence-electron chi connectivity index (χ2n) is 4.76. The van der Waals surface area contributed by atoms with Gasteiger partial charge in [-0.15, -0.1) is 0 Å². The third-order valence-electron chi connectivity index (χ3n) is 3.53. The van der Waals surface area contributed by atoms with Crippen molar-refractivity contribution in [3.63, 3.8) is 0 Å². The first-order chi connectivity index (χ1) is 8.91. The molecule has 0 spiro atoms. The summed E-state index contributed by atoms with van der Waals surface area (Å²) in [6.45, 7) is 4.16. The van der Waals surface area contributed by atoms with Crippen LogP contribution in [0.1, 0.15) is 6.92 Å². The van der Waals surface area contributed by atoms with Crippen LogP contribution in [0.25, 0.3) is 0 Å². The number of benzene rings is 1. The van der Waals surface area contributed by atoms with E-state index in [0.717, 1.165) is 6.54 Å². The molecular formula is C12H15BrFN3O2. The molecule has 104 valence electrons.